The summed E-state index contributed by atoms with van der Waals surface area (Å²) in [6.07, 6.45) is 3.24. The van der Waals surface area contributed by atoms with Crippen LogP contribution in [0, 0.1) is 5.82 Å². The van der Waals surface area contributed by atoms with E-state index < -0.39 is 18.0 Å². The molecule has 196 valence electrons. The molecule has 0 amide bonds. The molecule has 5 rings (SSSR count). The standard InChI is InChI=1S/C24H26FN3O2S.C2H2O4/c1-15-12-16(24-27-23-19(25)4-2-7-22(23)31-24)9-11-28(15)13-17(29)14-30-21-6-3-5-20-18(21)8-10-26-20;3-1(4)2(5)6/h2-8,10,15-17,26,29H,9,11-14H2,1H3;(H,3,4)(H,5,6)/t15-,16+,17-;/m0./s1. The zero-order valence-corrected chi connectivity index (χ0v) is 20.9. The number of aromatic nitrogens is 2. The van der Waals surface area contributed by atoms with Gasteiger partial charge in [-0.05, 0) is 56.6 Å². The Balaban J connectivity index is 0.000000480. The van der Waals surface area contributed by atoms with Crippen molar-refractivity contribution in [3.05, 3.63) is 59.5 Å². The molecule has 1 aliphatic heterocycles. The lowest BCUT2D eigenvalue weighted by Gasteiger charge is -2.38. The fourth-order valence-electron chi connectivity index (χ4n) is 4.51. The van der Waals surface area contributed by atoms with Gasteiger partial charge in [0.1, 0.15) is 29.8 Å². The van der Waals surface area contributed by atoms with Crippen LogP contribution < -0.4 is 4.74 Å². The zero-order chi connectivity index (χ0) is 26.5. The highest BCUT2D eigenvalue weighted by Gasteiger charge is 2.30. The van der Waals surface area contributed by atoms with Crippen LogP contribution in [0.4, 0.5) is 4.39 Å². The number of hydrogen-bond donors (Lipinski definition) is 4. The van der Waals surface area contributed by atoms with E-state index in [1.165, 1.54) is 6.07 Å². The summed E-state index contributed by atoms with van der Waals surface area (Å²) in [7, 11) is 0. The van der Waals surface area contributed by atoms with E-state index in [1.807, 2.05) is 36.5 Å². The highest BCUT2D eigenvalue weighted by Crippen LogP contribution is 2.36. The number of aromatic amines is 1. The highest BCUT2D eigenvalue weighted by molar-refractivity contribution is 7.18. The normalized spacial score (nSPS) is 18.8. The minimum absolute atomic E-state index is 0.246. The van der Waals surface area contributed by atoms with Crippen molar-refractivity contribution < 1.29 is 34.0 Å². The highest BCUT2D eigenvalue weighted by atomic mass is 32.1. The van der Waals surface area contributed by atoms with E-state index in [2.05, 4.69) is 21.8 Å². The van der Waals surface area contributed by atoms with Crippen molar-refractivity contribution in [2.24, 2.45) is 0 Å². The number of ether oxygens (including phenoxy) is 1. The molecular weight excluding hydrogens is 501 g/mol. The number of nitrogens with zero attached hydrogens (tertiary/aromatic N) is 2. The first-order chi connectivity index (χ1) is 17.7. The molecule has 4 N–H and O–H groups in total. The molecule has 3 atom stereocenters. The van der Waals surface area contributed by atoms with Crippen LogP contribution in [0.25, 0.3) is 21.1 Å². The predicted octanol–water partition coefficient (Wildman–Crippen LogP) is 4.08. The van der Waals surface area contributed by atoms with E-state index >= 15 is 0 Å². The number of carboxylic acid groups (broad SMARTS) is 2. The molecule has 0 radical (unpaired) electrons. The van der Waals surface area contributed by atoms with E-state index in [9.17, 15) is 9.50 Å². The molecule has 11 heteroatoms. The van der Waals surface area contributed by atoms with Crippen molar-refractivity contribution in [3.8, 4) is 5.75 Å². The molecule has 0 unspecified atom stereocenters. The molecule has 1 fully saturated rings. The number of aliphatic carboxylic acids is 2. The number of carbonyl (C=O) groups is 2. The van der Waals surface area contributed by atoms with Gasteiger partial charge >= 0.3 is 11.9 Å². The smallest absolute Gasteiger partial charge is 0.414 e. The quantitative estimate of drug-likeness (QED) is 0.274. The molecule has 2 aromatic carbocycles. The third-order valence-corrected chi connectivity index (χ3v) is 7.55. The minimum Gasteiger partial charge on any atom is -0.490 e. The van der Waals surface area contributed by atoms with Gasteiger partial charge in [-0.15, -0.1) is 11.3 Å². The van der Waals surface area contributed by atoms with Crippen molar-refractivity contribution in [3.63, 3.8) is 0 Å². The zero-order valence-electron chi connectivity index (χ0n) is 20.1. The van der Waals surface area contributed by atoms with E-state index in [1.54, 1.807) is 17.4 Å². The number of aliphatic hydroxyl groups is 1. The number of likely N-dealkylation sites (tertiary alicyclic amines) is 1. The number of carboxylic acids is 2. The number of thiazole rings is 1. The fourth-order valence-corrected chi connectivity index (χ4v) is 5.64. The lowest BCUT2D eigenvalue weighted by Crippen LogP contribution is -2.45. The molecule has 1 saturated heterocycles. The molecule has 37 heavy (non-hydrogen) atoms. The Kier molecular flexibility index (Phi) is 8.37. The Hall–Kier alpha value is -3.54. The second-order valence-corrected chi connectivity index (χ2v) is 10.0. The van der Waals surface area contributed by atoms with E-state index in [-0.39, 0.29) is 12.4 Å². The van der Waals surface area contributed by atoms with Gasteiger partial charge in [0.2, 0.25) is 0 Å². The van der Waals surface area contributed by atoms with Crippen molar-refractivity contribution in [2.45, 2.75) is 37.8 Å². The van der Waals surface area contributed by atoms with Crippen LogP contribution in [0.15, 0.2) is 48.7 Å². The number of H-pyrrole nitrogens is 1. The average molecular weight is 530 g/mol. The summed E-state index contributed by atoms with van der Waals surface area (Å²) >= 11 is 1.60. The summed E-state index contributed by atoms with van der Waals surface area (Å²) in [5.74, 6) is -2.77. The van der Waals surface area contributed by atoms with Crippen molar-refractivity contribution in [1.82, 2.24) is 14.9 Å². The van der Waals surface area contributed by atoms with Gasteiger partial charge in [-0.25, -0.2) is 19.0 Å². The number of rotatable bonds is 6. The molecule has 3 heterocycles. The maximum Gasteiger partial charge on any atom is 0.414 e. The van der Waals surface area contributed by atoms with Crippen LogP contribution in [0.1, 0.15) is 30.7 Å². The summed E-state index contributed by atoms with van der Waals surface area (Å²) in [6, 6.07) is 13.3. The number of para-hydroxylation sites is 1. The topological polar surface area (TPSA) is 136 Å². The van der Waals surface area contributed by atoms with E-state index in [0.29, 0.717) is 24.0 Å². The number of benzene rings is 2. The Bertz CT molecular complexity index is 1380. The summed E-state index contributed by atoms with van der Waals surface area (Å²) in [5, 5.41) is 27.4. The maximum absolute atomic E-state index is 14.0. The number of hydrogen-bond acceptors (Lipinski definition) is 7. The second-order valence-electron chi connectivity index (χ2n) is 8.97. The molecule has 0 aliphatic carbocycles. The van der Waals surface area contributed by atoms with Crippen molar-refractivity contribution in [2.75, 3.05) is 19.7 Å². The number of aliphatic hydroxyl groups excluding tert-OH is 1. The molecule has 4 aromatic rings. The van der Waals surface area contributed by atoms with Gasteiger partial charge in [0.15, 0.2) is 0 Å². The third-order valence-electron chi connectivity index (χ3n) is 6.36. The monoisotopic (exact) mass is 529 g/mol. The third kappa shape index (κ3) is 6.43. The summed E-state index contributed by atoms with van der Waals surface area (Å²) < 4.78 is 20.8. The van der Waals surface area contributed by atoms with Gasteiger partial charge in [0.05, 0.1) is 9.71 Å². The van der Waals surface area contributed by atoms with Crippen LogP contribution in [-0.4, -0.2) is 74.0 Å². The van der Waals surface area contributed by atoms with Gasteiger partial charge in [-0.1, -0.05) is 12.1 Å². The van der Waals surface area contributed by atoms with Crippen molar-refractivity contribution in [1.29, 1.82) is 0 Å². The Morgan fingerprint density at radius 2 is 1.97 bits per heavy atom. The maximum atomic E-state index is 14.0. The lowest BCUT2D eigenvalue weighted by molar-refractivity contribution is -0.159. The van der Waals surface area contributed by atoms with Gasteiger partial charge in [0, 0.05) is 35.6 Å². The number of piperidine rings is 1. The molecular formula is C26H28FN3O6S. The van der Waals surface area contributed by atoms with Crippen molar-refractivity contribution >= 4 is 44.4 Å². The van der Waals surface area contributed by atoms with E-state index in [0.717, 1.165) is 45.7 Å². The first kappa shape index (κ1) is 26.5. The number of fused-ring (bicyclic) bond motifs is 2. The van der Waals surface area contributed by atoms with Gasteiger partial charge < -0.3 is 25.0 Å². The molecule has 0 spiro atoms. The first-order valence-corrected chi connectivity index (χ1v) is 12.7. The van der Waals surface area contributed by atoms with Crippen LogP contribution >= 0.6 is 11.3 Å². The average Bonchev–Trinajstić information content (AvgIpc) is 3.52. The fraction of sp³-hybridized carbons (Fsp3) is 0.346. The van der Waals surface area contributed by atoms with Crippen LogP contribution in [-0.2, 0) is 9.59 Å². The predicted molar refractivity (Wildman–Crippen MR) is 138 cm³/mol. The Morgan fingerprint density at radius 1 is 1.22 bits per heavy atom. The van der Waals surface area contributed by atoms with Gasteiger partial charge in [-0.3, -0.25) is 4.90 Å². The summed E-state index contributed by atoms with van der Waals surface area (Å²) in [6.45, 7) is 3.91. The van der Waals surface area contributed by atoms with Crippen LogP contribution in [0.5, 0.6) is 5.75 Å². The largest absolute Gasteiger partial charge is 0.490 e. The molecule has 9 nitrogen and oxygen atoms in total. The lowest BCUT2D eigenvalue weighted by atomic mass is 9.92. The Morgan fingerprint density at radius 3 is 2.68 bits per heavy atom. The van der Waals surface area contributed by atoms with Crippen LogP contribution in [0.2, 0.25) is 0 Å². The molecule has 0 bridgehead atoms. The van der Waals surface area contributed by atoms with Gasteiger partial charge in [0.25, 0.3) is 0 Å². The number of β-amino-alcohol motifs (C(OH)–C–C–N with tert-alkyl or cyclic N) is 1. The SMILES string of the molecule is C[C@H]1C[C@H](c2nc3c(F)cccc3s2)CCN1C[C@H](O)COc1cccc2[nH]ccc12.O=C(O)C(=O)O. The Labute approximate surface area is 216 Å². The molecule has 1 aliphatic rings. The molecule has 0 saturated carbocycles. The van der Waals surface area contributed by atoms with Gasteiger partial charge in [-0.2, -0.15) is 0 Å². The number of halogens is 1. The van der Waals surface area contributed by atoms with Crippen LogP contribution in [0.3, 0.4) is 0 Å². The number of nitrogens with one attached hydrogen (secondary N) is 1. The summed E-state index contributed by atoms with van der Waals surface area (Å²) in [4.78, 5) is 28.3. The summed E-state index contributed by atoms with van der Waals surface area (Å²) in [5.41, 5.74) is 1.51. The van der Waals surface area contributed by atoms with E-state index in [4.69, 9.17) is 24.5 Å². The first-order valence-electron chi connectivity index (χ1n) is 11.8. The minimum atomic E-state index is -1.82. The molecule has 2 aromatic heterocycles. The second kappa shape index (κ2) is 11.7.